The Morgan fingerprint density at radius 3 is 2.29 bits per heavy atom. The monoisotopic (exact) mass is 380 g/mol. The molecule has 2 aromatic carbocycles. The van der Waals surface area contributed by atoms with Crippen molar-refractivity contribution in [2.45, 2.75) is 39.3 Å². The van der Waals surface area contributed by atoms with Crippen molar-refractivity contribution >= 4 is 11.9 Å². The molecule has 0 aromatic heterocycles. The van der Waals surface area contributed by atoms with Gasteiger partial charge in [0.05, 0.1) is 11.6 Å². The third-order valence-corrected chi connectivity index (χ3v) is 4.47. The van der Waals surface area contributed by atoms with E-state index in [1.807, 2.05) is 32.0 Å². The molecule has 2 aromatic rings. The summed E-state index contributed by atoms with van der Waals surface area (Å²) in [7, 11) is 0. The molecule has 0 aliphatic rings. The van der Waals surface area contributed by atoms with Crippen LogP contribution in [0.2, 0.25) is 0 Å². The number of hydrogen-bond acceptors (Lipinski definition) is 5. The van der Waals surface area contributed by atoms with Gasteiger partial charge in [-0.3, -0.25) is 4.79 Å². The first-order valence-electron chi connectivity index (χ1n) is 9.02. The van der Waals surface area contributed by atoms with Crippen molar-refractivity contribution in [3.8, 4) is 17.6 Å². The van der Waals surface area contributed by atoms with Crippen LogP contribution in [0.4, 0.5) is 0 Å². The zero-order chi connectivity index (χ0) is 20.7. The number of esters is 1. The molecule has 0 heterocycles. The van der Waals surface area contributed by atoms with Gasteiger partial charge in [-0.1, -0.05) is 38.1 Å². The molecule has 146 valence electrons. The number of benzene rings is 2. The van der Waals surface area contributed by atoms with Gasteiger partial charge in [-0.05, 0) is 50.1 Å². The van der Waals surface area contributed by atoms with Crippen molar-refractivity contribution in [3.05, 3.63) is 60.2 Å². The summed E-state index contributed by atoms with van der Waals surface area (Å²) in [5.74, 6) is -0.150. The van der Waals surface area contributed by atoms with E-state index in [1.54, 1.807) is 43.3 Å². The van der Waals surface area contributed by atoms with Gasteiger partial charge in [0.1, 0.15) is 17.0 Å². The van der Waals surface area contributed by atoms with Gasteiger partial charge in [0.15, 0.2) is 6.10 Å². The molecule has 0 unspecified atom stereocenters. The number of nitrogens with zero attached hydrogens (tertiary/aromatic N) is 1. The van der Waals surface area contributed by atoms with Crippen LogP contribution < -0.4 is 10.1 Å². The van der Waals surface area contributed by atoms with E-state index in [0.717, 1.165) is 0 Å². The number of para-hydroxylation sites is 1. The van der Waals surface area contributed by atoms with Crippen LogP contribution in [0.1, 0.15) is 38.1 Å². The molecule has 0 spiro atoms. The Kier molecular flexibility index (Phi) is 6.78. The van der Waals surface area contributed by atoms with Crippen LogP contribution >= 0.6 is 0 Å². The van der Waals surface area contributed by atoms with Gasteiger partial charge >= 0.3 is 5.97 Å². The average Bonchev–Trinajstić information content (AvgIpc) is 2.68. The summed E-state index contributed by atoms with van der Waals surface area (Å²) in [6.45, 7) is 6.76. The summed E-state index contributed by atoms with van der Waals surface area (Å²) in [5, 5.41) is 12.0. The summed E-state index contributed by atoms with van der Waals surface area (Å²) in [6, 6.07) is 17.8. The lowest BCUT2D eigenvalue weighted by atomic mass is 9.90. The van der Waals surface area contributed by atoms with Crippen molar-refractivity contribution < 1.29 is 19.1 Å². The summed E-state index contributed by atoms with van der Waals surface area (Å²) in [5.41, 5.74) is -0.777. The molecule has 0 fully saturated rings. The number of amides is 1. The summed E-state index contributed by atoms with van der Waals surface area (Å²) in [4.78, 5) is 24.7. The van der Waals surface area contributed by atoms with Crippen molar-refractivity contribution in [1.82, 2.24) is 5.32 Å². The highest BCUT2D eigenvalue weighted by Gasteiger charge is 2.32. The van der Waals surface area contributed by atoms with Crippen LogP contribution in [-0.2, 0) is 9.53 Å². The number of ether oxygens (including phenoxy) is 2. The second-order valence-corrected chi connectivity index (χ2v) is 6.95. The predicted molar refractivity (Wildman–Crippen MR) is 105 cm³/mol. The van der Waals surface area contributed by atoms with E-state index < -0.39 is 23.5 Å². The molecule has 0 saturated heterocycles. The maximum Gasteiger partial charge on any atom is 0.339 e. The van der Waals surface area contributed by atoms with Gasteiger partial charge in [0.25, 0.3) is 5.91 Å². The van der Waals surface area contributed by atoms with Gasteiger partial charge < -0.3 is 14.8 Å². The topological polar surface area (TPSA) is 88.4 Å². The van der Waals surface area contributed by atoms with Crippen LogP contribution in [0.3, 0.4) is 0 Å². The molecule has 2 rings (SSSR count). The number of carbonyl (C=O) groups excluding carboxylic acids is 2. The van der Waals surface area contributed by atoms with Crippen LogP contribution in [0.15, 0.2) is 54.6 Å². The minimum atomic E-state index is -1.04. The number of nitrogens with one attached hydrogen (secondary N) is 1. The summed E-state index contributed by atoms with van der Waals surface area (Å²) in [6.07, 6.45) is -1.04. The number of hydrogen-bond donors (Lipinski definition) is 1. The van der Waals surface area contributed by atoms with E-state index in [2.05, 4.69) is 11.4 Å². The standard InChI is InChI=1S/C22H24N2O4/c1-15(2)22(4,14-23)24-20(25)16(3)27-21(26)17-9-8-12-19(13-17)28-18-10-6-5-7-11-18/h5-13,15-16H,1-4H3,(H,24,25)/t16-,22-/m1/s1. The van der Waals surface area contributed by atoms with Crippen molar-refractivity contribution in [2.75, 3.05) is 0 Å². The van der Waals surface area contributed by atoms with E-state index in [9.17, 15) is 14.9 Å². The quantitative estimate of drug-likeness (QED) is 0.731. The summed E-state index contributed by atoms with van der Waals surface area (Å²) < 4.78 is 11.0. The van der Waals surface area contributed by atoms with Gasteiger partial charge in [0.2, 0.25) is 0 Å². The Hall–Kier alpha value is -3.33. The Morgan fingerprint density at radius 2 is 1.68 bits per heavy atom. The molecule has 28 heavy (non-hydrogen) atoms. The van der Waals surface area contributed by atoms with Crippen LogP contribution in [-0.4, -0.2) is 23.5 Å². The second kappa shape index (κ2) is 9.05. The SMILES string of the molecule is CC(C)[C@@](C)(C#N)NC(=O)[C@@H](C)OC(=O)c1cccc(Oc2ccccc2)c1. The molecule has 6 nitrogen and oxygen atoms in total. The maximum absolute atomic E-state index is 12.4. The lowest BCUT2D eigenvalue weighted by molar-refractivity contribution is -0.130. The van der Waals surface area contributed by atoms with Gasteiger partial charge in [-0.15, -0.1) is 0 Å². The highest BCUT2D eigenvalue weighted by molar-refractivity contribution is 5.92. The van der Waals surface area contributed by atoms with Crippen molar-refractivity contribution in [2.24, 2.45) is 5.92 Å². The highest BCUT2D eigenvalue weighted by Crippen LogP contribution is 2.22. The molecule has 0 aliphatic carbocycles. The maximum atomic E-state index is 12.4. The Bertz CT molecular complexity index is 874. The molecular formula is C22H24N2O4. The lowest BCUT2D eigenvalue weighted by Gasteiger charge is -2.28. The minimum Gasteiger partial charge on any atom is -0.457 e. The number of rotatable bonds is 7. The number of nitriles is 1. The third-order valence-electron chi connectivity index (χ3n) is 4.47. The molecular weight excluding hydrogens is 356 g/mol. The van der Waals surface area contributed by atoms with Crippen molar-refractivity contribution in [3.63, 3.8) is 0 Å². The molecule has 0 bridgehead atoms. The van der Waals surface area contributed by atoms with Gasteiger partial charge in [-0.2, -0.15) is 5.26 Å². The first-order chi connectivity index (χ1) is 13.2. The predicted octanol–water partition coefficient (Wildman–Crippen LogP) is 4.08. The summed E-state index contributed by atoms with van der Waals surface area (Å²) >= 11 is 0. The largest absolute Gasteiger partial charge is 0.457 e. The molecule has 1 amide bonds. The molecule has 0 aliphatic heterocycles. The normalized spacial score (nSPS) is 13.7. The lowest BCUT2D eigenvalue weighted by Crippen LogP contribution is -2.52. The number of carbonyl (C=O) groups is 2. The van der Waals surface area contributed by atoms with Crippen molar-refractivity contribution in [1.29, 1.82) is 5.26 Å². The zero-order valence-corrected chi connectivity index (χ0v) is 16.4. The third kappa shape index (κ3) is 5.34. The molecule has 6 heteroatoms. The van der Waals surface area contributed by atoms with E-state index >= 15 is 0 Å². The fourth-order valence-corrected chi connectivity index (χ4v) is 2.25. The second-order valence-electron chi connectivity index (χ2n) is 6.95. The fraction of sp³-hybridized carbons (Fsp3) is 0.318. The van der Waals surface area contributed by atoms with E-state index in [4.69, 9.17) is 9.47 Å². The van der Waals surface area contributed by atoms with Crippen LogP contribution in [0.5, 0.6) is 11.5 Å². The van der Waals surface area contributed by atoms with E-state index in [-0.39, 0.29) is 11.5 Å². The molecule has 0 radical (unpaired) electrons. The fourth-order valence-electron chi connectivity index (χ4n) is 2.25. The Morgan fingerprint density at radius 1 is 1.04 bits per heavy atom. The Labute approximate surface area is 165 Å². The van der Waals surface area contributed by atoms with E-state index in [0.29, 0.717) is 11.5 Å². The first kappa shape index (κ1) is 21.0. The molecule has 2 atom stereocenters. The van der Waals surface area contributed by atoms with Crippen LogP contribution in [0.25, 0.3) is 0 Å². The van der Waals surface area contributed by atoms with Gasteiger partial charge in [0, 0.05) is 0 Å². The highest BCUT2D eigenvalue weighted by atomic mass is 16.5. The molecule has 0 saturated carbocycles. The van der Waals surface area contributed by atoms with Gasteiger partial charge in [-0.25, -0.2) is 4.79 Å². The smallest absolute Gasteiger partial charge is 0.339 e. The minimum absolute atomic E-state index is 0.101. The van der Waals surface area contributed by atoms with Crippen LogP contribution in [0, 0.1) is 17.2 Å². The van der Waals surface area contributed by atoms with E-state index in [1.165, 1.54) is 6.92 Å². The first-order valence-corrected chi connectivity index (χ1v) is 9.02. The zero-order valence-electron chi connectivity index (χ0n) is 16.4. The average molecular weight is 380 g/mol. The Balaban J connectivity index is 2.03. The molecule has 1 N–H and O–H groups in total.